The lowest BCUT2D eigenvalue weighted by Gasteiger charge is -2.34. The van der Waals surface area contributed by atoms with Crippen LogP contribution in [0.2, 0.25) is 0 Å². The van der Waals surface area contributed by atoms with Gasteiger partial charge in [0.1, 0.15) is 36.3 Å². The second kappa shape index (κ2) is 17.4. The van der Waals surface area contributed by atoms with Crippen LogP contribution in [-0.4, -0.2) is 114 Å². The molecule has 3 fully saturated rings. The standard InChI is InChI=1S/C38H41F3N8O7S/c1-37(2)35(53)47(27-4-3-25(23-42)30(21-27)38(39,40)41)36(57)48(37)26-5-7-28(8-6-26)56-20-19-54-17-15-45-11-13-46(14-12-45)16-18-55-29-22-33(51)49(43-24-29)31-9-10-32(50)44-34(31)52/h3-8,21-22,24,31H,9-20H2,1-2H3,(H,44,50,52). The van der Waals surface area contributed by atoms with E-state index >= 15 is 0 Å². The van der Waals surface area contributed by atoms with Crippen molar-refractivity contribution >= 4 is 46.4 Å². The van der Waals surface area contributed by atoms with Crippen LogP contribution < -0.4 is 30.1 Å². The van der Waals surface area contributed by atoms with Gasteiger partial charge in [-0.2, -0.15) is 23.5 Å². The highest BCUT2D eigenvalue weighted by Crippen LogP contribution is 2.40. The van der Waals surface area contributed by atoms with Crippen LogP contribution in [-0.2, 0) is 25.3 Å². The van der Waals surface area contributed by atoms with E-state index in [0.29, 0.717) is 50.2 Å². The Morgan fingerprint density at radius 3 is 2.18 bits per heavy atom. The molecule has 19 heteroatoms. The molecule has 0 radical (unpaired) electrons. The van der Waals surface area contributed by atoms with Gasteiger partial charge in [0.05, 0.1) is 42.3 Å². The molecule has 1 aromatic heterocycles. The molecule has 3 aliphatic rings. The van der Waals surface area contributed by atoms with Crippen LogP contribution in [0, 0.1) is 11.3 Å². The molecule has 3 aliphatic heterocycles. The van der Waals surface area contributed by atoms with Crippen LogP contribution >= 0.6 is 12.2 Å². The van der Waals surface area contributed by atoms with Gasteiger partial charge in [-0.25, -0.2) is 4.68 Å². The number of nitriles is 1. The number of amides is 3. The van der Waals surface area contributed by atoms with Gasteiger partial charge >= 0.3 is 6.18 Å². The third-order valence-corrected chi connectivity index (χ3v) is 10.3. The van der Waals surface area contributed by atoms with Crippen molar-refractivity contribution in [3.63, 3.8) is 0 Å². The van der Waals surface area contributed by atoms with Gasteiger partial charge in [-0.3, -0.25) is 39.2 Å². The first-order valence-electron chi connectivity index (χ1n) is 18.3. The van der Waals surface area contributed by atoms with Crippen molar-refractivity contribution in [2.75, 3.05) is 75.5 Å². The van der Waals surface area contributed by atoms with Gasteiger partial charge < -0.3 is 19.1 Å². The molecule has 0 saturated carbocycles. The average Bonchev–Trinajstić information content (AvgIpc) is 3.35. The van der Waals surface area contributed by atoms with Gasteiger partial charge in [0.2, 0.25) is 5.91 Å². The minimum atomic E-state index is -4.79. The van der Waals surface area contributed by atoms with Gasteiger partial charge in [-0.1, -0.05) is 0 Å². The van der Waals surface area contributed by atoms with Gasteiger partial charge in [-0.05, 0) is 75.0 Å². The first-order chi connectivity index (χ1) is 27.2. The zero-order valence-corrected chi connectivity index (χ0v) is 32.1. The number of thiocarbonyl (C=S) groups is 1. The monoisotopic (exact) mass is 810 g/mol. The number of benzene rings is 2. The van der Waals surface area contributed by atoms with Crippen LogP contribution in [0.3, 0.4) is 0 Å². The number of anilines is 2. The lowest BCUT2D eigenvalue weighted by atomic mass is 10.0. The average molecular weight is 811 g/mol. The number of ether oxygens (including phenoxy) is 3. The van der Waals surface area contributed by atoms with E-state index in [0.717, 1.165) is 54.4 Å². The largest absolute Gasteiger partial charge is 0.491 e. The maximum atomic E-state index is 13.7. The smallest absolute Gasteiger partial charge is 0.417 e. The van der Waals surface area contributed by atoms with E-state index < -0.39 is 46.3 Å². The van der Waals surface area contributed by atoms with E-state index in [2.05, 4.69) is 20.2 Å². The van der Waals surface area contributed by atoms with E-state index in [1.54, 1.807) is 49.1 Å². The molecule has 3 saturated heterocycles. The highest BCUT2D eigenvalue weighted by molar-refractivity contribution is 7.81. The molecular weight excluding hydrogens is 770 g/mol. The summed E-state index contributed by atoms with van der Waals surface area (Å²) in [6.45, 7) is 9.66. The molecule has 1 unspecified atom stereocenters. The van der Waals surface area contributed by atoms with Crippen LogP contribution in [0.4, 0.5) is 24.5 Å². The van der Waals surface area contributed by atoms with E-state index in [4.69, 9.17) is 31.7 Å². The number of imide groups is 1. The Hall–Kier alpha value is -5.42. The van der Waals surface area contributed by atoms with E-state index in [1.165, 1.54) is 18.3 Å². The quantitative estimate of drug-likeness (QED) is 0.144. The molecule has 2 aromatic carbocycles. The molecule has 3 amide bonds. The maximum Gasteiger partial charge on any atom is 0.417 e. The van der Waals surface area contributed by atoms with Gasteiger partial charge in [-0.15, -0.1) is 0 Å². The highest BCUT2D eigenvalue weighted by Gasteiger charge is 2.50. The van der Waals surface area contributed by atoms with Gasteiger partial charge in [0.25, 0.3) is 17.4 Å². The Morgan fingerprint density at radius 2 is 1.54 bits per heavy atom. The second-order valence-electron chi connectivity index (χ2n) is 14.1. The van der Waals surface area contributed by atoms with E-state index in [9.17, 15) is 32.3 Å². The summed E-state index contributed by atoms with van der Waals surface area (Å²) in [5, 5.41) is 15.5. The maximum absolute atomic E-state index is 13.7. The molecule has 0 aliphatic carbocycles. The molecule has 15 nitrogen and oxygen atoms in total. The van der Waals surface area contributed by atoms with Crippen LogP contribution in [0.25, 0.3) is 0 Å². The number of nitrogens with one attached hydrogen (secondary N) is 1. The Labute approximate surface area is 331 Å². The van der Waals surface area contributed by atoms with Crippen molar-refractivity contribution in [1.29, 1.82) is 5.26 Å². The summed E-state index contributed by atoms with van der Waals surface area (Å²) in [6.07, 6.45) is -3.02. The molecule has 302 valence electrons. The van der Waals surface area contributed by atoms with Crippen molar-refractivity contribution in [1.82, 2.24) is 24.9 Å². The highest BCUT2D eigenvalue weighted by atomic mass is 32.1. The lowest BCUT2D eigenvalue weighted by molar-refractivity contribution is -0.138. The number of carbonyl (C=O) groups is 3. The minimum absolute atomic E-state index is 0.00462. The Balaban J connectivity index is 0.880. The fourth-order valence-corrected chi connectivity index (χ4v) is 7.35. The summed E-state index contributed by atoms with van der Waals surface area (Å²) < 4.78 is 59.4. The number of halogens is 3. The summed E-state index contributed by atoms with van der Waals surface area (Å²) >= 11 is 5.61. The molecule has 57 heavy (non-hydrogen) atoms. The molecule has 4 heterocycles. The third kappa shape index (κ3) is 9.42. The lowest BCUT2D eigenvalue weighted by Crippen LogP contribution is -2.48. The summed E-state index contributed by atoms with van der Waals surface area (Å²) in [4.78, 5) is 56.7. The summed E-state index contributed by atoms with van der Waals surface area (Å²) in [7, 11) is 0. The predicted octanol–water partition coefficient (Wildman–Crippen LogP) is 3.12. The second-order valence-corrected chi connectivity index (χ2v) is 14.4. The minimum Gasteiger partial charge on any atom is -0.491 e. The number of piperazine rings is 1. The fraction of sp³-hybridized carbons (Fsp3) is 0.447. The molecule has 0 spiro atoms. The normalized spacial score (nSPS) is 19.1. The Kier molecular flexibility index (Phi) is 12.6. The summed E-state index contributed by atoms with van der Waals surface area (Å²) in [5.41, 5.74) is -2.90. The van der Waals surface area contributed by atoms with Crippen LogP contribution in [0.15, 0.2) is 59.5 Å². The zero-order valence-electron chi connectivity index (χ0n) is 31.3. The van der Waals surface area contributed by atoms with Crippen molar-refractivity contribution in [2.24, 2.45) is 0 Å². The van der Waals surface area contributed by atoms with Crippen molar-refractivity contribution in [3.05, 3.63) is 76.2 Å². The number of nitrogens with zero attached hydrogens (tertiary/aromatic N) is 7. The summed E-state index contributed by atoms with van der Waals surface area (Å²) in [5.74, 6) is -0.538. The Morgan fingerprint density at radius 1 is 0.895 bits per heavy atom. The first-order valence-corrected chi connectivity index (χ1v) is 18.7. The van der Waals surface area contributed by atoms with E-state index in [-0.39, 0.29) is 29.5 Å². The van der Waals surface area contributed by atoms with Crippen molar-refractivity contribution in [2.45, 2.75) is 44.4 Å². The summed E-state index contributed by atoms with van der Waals surface area (Å²) in [6, 6.07) is 12.0. The van der Waals surface area contributed by atoms with Gasteiger partial charge in [0, 0.05) is 57.4 Å². The molecule has 1 N–H and O–H groups in total. The van der Waals surface area contributed by atoms with Gasteiger partial charge in [0.15, 0.2) is 5.11 Å². The topological polar surface area (TPSA) is 163 Å². The number of rotatable bonds is 14. The van der Waals surface area contributed by atoms with E-state index in [1.807, 2.05) is 0 Å². The molecule has 6 rings (SSSR count). The number of aromatic nitrogens is 2. The fourth-order valence-electron chi connectivity index (χ4n) is 6.82. The predicted molar refractivity (Wildman–Crippen MR) is 204 cm³/mol. The number of carbonyl (C=O) groups excluding carboxylic acids is 3. The SMILES string of the molecule is CC1(C)C(=O)N(c2ccc(C#N)c(C(F)(F)F)c2)C(=S)N1c1ccc(OCCOCCN2CCN(CCOc3cnn(C4CCC(=O)NC4=O)c(=O)c3)CC2)cc1. The number of alkyl halides is 3. The first kappa shape index (κ1) is 41.2. The zero-order chi connectivity index (χ0) is 40.9. The Bertz CT molecular complexity index is 2100. The number of hydrogen-bond donors (Lipinski definition) is 1. The molecule has 3 aromatic rings. The van der Waals surface area contributed by atoms with Crippen molar-refractivity contribution in [3.8, 4) is 17.6 Å². The van der Waals surface area contributed by atoms with Crippen LogP contribution in [0.1, 0.15) is 43.9 Å². The van der Waals surface area contributed by atoms with Crippen LogP contribution in [0.5, 0.6) is 11.5 Å². The molecular formula is C38H41F3N8O7S. The molecule has 1 atom stereocenters. The number of hydrogen-bond acceptors (Lipinski definition) is 12. The molecule has 0 bridgehead atoms. The third-order valence-electron chi connectivity index (χ3n) is 9.95. The number of piperidine rings is 1. The van der Waals surface area contributed by atoms with Crippen molar-refractivity contribution < 1.29 is 41.8 Å².